The number of rotatable bonds is 8. The lowest BCUT2D eigenvalue weighted by Crippen LogP contribution is -2.37. The van der Waals surface area contributed by atoms with Gasteiger partial charge in [-0.1, -0.05) is 6.07 Å². The number of hydrogen-bond acceptors (Lipinski definition) is 3. The first-order chi connectivity index (χ1) is 10.6. The van der Waals surface area contributed by atoms with Crippen molar-refractivity contribution >= 4 is 6.03 Å². The van der Waals surface area contributed by atoms with Crippen LogP contribution >= 0.6 is 0 Å². The zero-order valence-corrected chi connectivity index (χ0v) is 12.8. The van der Waals surface area contributed by atoms with Crippen molar-refractivity contribution < 1.29 is 19.0 Å². The molecular formula is C16H23FN2O3. The molecular weight excluding hydrogens is 287 g/mol. The van der Waals surface area contributed by atoms with Crippen molar-refractivity contribution in [2.45, 2.75) is 32.2 Å². The van der Waals surface area contributed by atoms with Crippen molar-refractivity contribution in [3.05, 3.63) is 29.6 Å². The van der Waals surface area contributed by atoms with E-state index in [4.69, 9.17) is 9.84 Å². The normalized spacial score (nSPS) is 15.2. The van der Waals surface area contributed by atoms with E-state index in [1.165, 1.54) is 6.07 Å². The van der Waals surface area contributed by atoms with E-state index in [1.54, 1.807) is 19.1 Å². The van der Waals surface area contributed by atoms with Gasteiger partial charge >= 0.3 is 6.03 Å². The summed E-state index contributed by atoms with van der Waals surface area (Å²) < 4.78 is 19.4. The van der Waals surface area contributed by atoms with Crippen LogP contribution in [0.1, 0.15) is 37.8 Å². The summed E-state index contributed by atoms with van der Waals surface area (Å²) in [5.74, 6) is 0.421. The van der Waals surface area contributed by atoms with Crippen LogP contribution < -0.4 is 15.4 Å². The molecule has 0 saturated heterocycles. The summed E-state index contributed by atoms with van der Waals surface area (Å²) in [4.78, 5) is 11.6. The van der Waals surface area contributed by atoms with Gasteiger partial charge in [0.05, 0.1) is 12.6 Å². The lowest BCUT2D eigenvalue weighted by molar-refractivity contribution is 0.235. The Morgan fingerprint density at radius 2 is 2.27 bits per heavy atom. The molecule has 0 aromatic heterocycles. The molecule has 0 aliphatic heterocycles. The molecule has 5 nitrogen and oxygen atoms in total. The van der Waals surface area contributed by atoms with E-state index in [-0.39, 0.29) is 24.4 Å². The molecule has 1 fully saturated rings. The van der Waals surface area contributed by atoms with Crippen LogP contribution in [-0.4, -0.2) is 30.9 Å². The van der Waals surface area contributed by atoms with Crippen LogP contribution in [0.15, 0.2) is 18.2 Å². The number of hydrogen-bond donors (Lipinski definition) is 3. The molecule has 1 aromatic carbocycles. The number of amides is 2. The predicted molar refractivity (Wildman–Crippen MR) is 81.3 cm³/mol. The Morgan fingerprint density at radius 3 is 2.91 bits per heavy atom. The standard InChI is InChI=1S/C16H23FN2O3/c1-11(19-16(21)18-7-2-8-20)13-5-6-15(14(17)9-13)22-10-12-3-4-12/h5-6,9,11-12,20H,2-4,7-8,10H2,1H3,(H2,18,19,21). The van der Waals surface area contributed by atoms with Gasteiger partial charge in [-0.15, -0.1) is 0 Å². The highest BCUT2D eigenvalue weighted by Crippen LogP contribution is 2.30. The van der Waals surface area contributed by atoms with Crippen LogP contribution in [-0.2, 0) is 0 Å². The summed E-state index contributed by atoms with van der Waals surface area (Å²) in [6.45, 7) is 2.78. The molecule has 1 aliphatic carbocycles. The highest BCUT2D eigenvalue weighted by atomic mass is 19.1. The third-order valence-corrected chi connectivity index (χ3v) is 3.60. The second kappa shape index (κ2) is 7.98. The topological polar surface area (TPSA) is 70.6 Å². The predicted octanol–water partition coefficient (Wildman–Crippen LogP) is 2.36. The minimum atomic E-state index is -0.410. The number of halogens is 1. The van der Waals surface area contributed by atoms with Gasteiger partial charge < -0.3 is 20.5 Å². The van der Waals surface area contributed by atoms with Crippen molar-refractivity contribution in [3.63, 3.8) is 0 Å². The number of nitrogens with one attached hydrogen (secondary N) is 2. The van der Waals surface area contributed by atoms with Gasteiger partial charge in [0.2, 0.25) is 0 Å². The Hall–Kier alpha value is -1.82. The Labute approximate surface area is 129 Å². The van der Waals surface area contributed by atoms with Crippen molar-refractivity contribution in [2.75, 3.05) is 19.8 Å². The van der Waals surface area contributed by atoms with Crippen LogP contribution in [0.3, 0.4) is 0 Å². The van der Waals surface area contributed by atoms with Gasteiger partial charge in [0.15, 0.2) is 11.6 Å². The molecule has 0 heterocycles. The average Bonchev–Trinajstić information content (AvgIpc) is 3.30. The van der Waals surface area contributed by atoms with Crippen LogP contribution in [0, 0.1) is 11.7 Å². The largest absolute Gasteiger partial charge is 0.490 e. The highest BCUT2D eigenvalue weighted by molar-refractivity contribution is 5.74. The molecule has 6 heteroatoms. The number of aliphatic hydroxyl groups excluding tert-OH is 1. The van der Waals surface area contributed by atoms with Crippen LogP contribution in [0.5, 0.6) is 5.75 Å². The average molecular weight is 310 g/mol. The van der Waals surface area contributed by atoms with E-state index in [0.717, 1.165) is 12.8 Å². The van der Waals surface area contributed by atoms with Crippen molar-refractivity contribution in [3.8, 4) is 5.75 Å². The maximum atomic E-state index is 14.0. The molecule has 1 saturated carbocycles. The zero-order chi connectivity index (χ0) is 15.9. The first-order valence-electron chi connectivity index (χ1n) is 7.67. The van der Waals surface area contributed by atoms with Gasteiger partial charge in [0, 0.05) is 13.2 Å². The minimum absolute atomic E-state index is 0.0311. The summed E-state index contributed by atoms with van der Waals surface area (Å²) in [6.07, 6.45) is 2.82. The zero-order valence-electron chi connectivity index (χ0n) is 12.8. The van der Waals surface area contributed by atoms with Gasteiger partial charge in [-0.2, -0.15) is 0 Å². The molecule has 1 aliphatic rings. The third kappa shape index (κ3) is 5.18. The van der Waals surface area contributed by atoms with Gasteiger partial charge in [-0.25, -0.2) is 9.18 Å². The van der Waals surface area contributed by atoms with Crippen molar-refractivity contribution in [1.29, 1.82) is 0 Å². The Kier molecular flexibility index (Phi) is 6.00. The summed E-state index contributed by atoms with van der Waals surface area (Å²) in [7, 11) is 0. The van der Waals surface area contributed by atoms with Crippen LogP contribution in [0.25, 0.3) is 0 Å². The molecule has 22 heavy (non-hydrogen) atoms. The van der Waals surface area contributed by atoms with E-state index in [1.807, 2.05) is 0 Å². The van der Waals surface area contributed by atoms with E-state index >= 15 is 0 Å². The number of carbonyl (C=O) groups is 1. The second-order valence-electron chi connectivity index (χ2n) is 5.64. The first-order valence-corrected chi connectivity index (χ1v) is 7.67. The van der Waals surface area contributed by atoms with Crippen LogP contribution in [0.2, 0.25) is 0 Å². The van der Waals surface area contributed by atoms with Crippen LogP contribution in [0.4, 0.5) is 9.18 Å². The fourth-order valence-electron chi connectivity index (χ4n) is 2.01. The third-order valence-electron chi connectivity index (χ3n) is 3.60. The van der Waals surface area contributed by atoms with E-state index < -0.39 is 5.82 Å². The fourth-order valence-corrected chi connectivity index (χ4v) is 2.01. The lowest BCUT2D eigenvalue weighted by atomic mass is 10.1. The Balaban J connectivity index is 1.84. The van der Waals surface area contributed by atoms with Gasteiger partial charge in [0.25, 0.3) is 0 Å². The number of benzene rings is 1. The van der Waals surface area contributed by atoms with E-state index in [0.29, 0.717) is 31.1 Å². The Bertz CT molecular complexity index is 506. The maximum absolute atomic E-state index is 14.0. The van der Waals surface area contributed by atoms with E-state index in [9.17, 15) is 9.18 Å². The number of carbonyl (C=O) groups excluding carboxylic acids is 1. The first kappa shape index (κ1) is 16.5. The monoisotopic (exact) mass is 310 g/mol. The van der Waals surface area contributed by atoms with Crippen molar-refractivity contribution in [2.24, 2.45) is 5.92 Å². The molecule has 0 bridgehead atoms. The van der Waals surface area contributed by atoms with Gasteiger partial charge in [0.1, 0.15) is 0 Å². The quantitative estimate of drug-likeness (QED) is 0.646. The molecule has 2 rings (SSSR count). The molecule has 1 atom stereocenters. The summed E-state index contributed by atoms with van der Waals surface area (Å²) in [5.41, 5.74) is 0.675. The summed E-state index contributed by atoms with van der Waals surface area (Å²) >= 11 is 0. The summed E-state index contributed by atoms with van der Waals surface area (Å²) in [5, 5.41) is 14.0. The minimum Gasteiger partial charge on any atom is -0.490 e. The molecule has 122 valence electrons. The van der Waals surface area contributed by atoms with Gasteiger partial charge in [-0.05, 0) is 49.8 Å². The molecule has 0 radical (unpaired) electrons. The number of urea groups is 1. The molecule has 1 aromatic rings. The smallest absolute Gasteiger partial charge is 0.315 e. The SMILES string of the molecule is CC(NC(=O)NCCCO)c1ccc(OCC2CC2)c(F)c1. The fraction of sp³-hybridized carbons (Fsp3) is 0.562. The molecule has 2 amide bonds. The summed E-state index contributed by atoms with van der Waals surface area (Å²) in [6, 6.07) is 4.09. The van der Waals surface area contributed by atoms with E-state index in [2.05, 4.69) is 10.6 Å². The molecule has 0 spiro atoms. The van der Waals surface area contributed by atoms with Crippen molar-refractivity contribution in [1.82, 2.24) is 10.6 Å². The lowest BCUT2D eigenvalue weighted by Gasteiger charge is -2.16. The number of aliphatic hydroxyl groups is 1. The molecule has 3 N–H and O–H groups in total. The highest BCUT2D eigenvalue weighted by Gasteiger charge is 2.22. The second-order valence-corrected chi connectivity index (χ2v) is 5.64. The molecule has 1 unspecified atom stereocenters. The number of ether oxygens (including phenoxy) is 1. The maximum Gasteiger partial charge on any atom is 0.315 e. The van der Waals surface area contributed by atoms with Gasteiger partial charge in [-0.3, -0.25) is 0 Å². The Morgan fingerprint density at radius 1 is 1.50 bits per heavy atom.